The molecule has 0 aliphatic rings. The van der Waals surface area contributed by atoms with Crippen LogP contribution >= 0.6 is 11.8 Å². The van der Waals surface area contributed by atoms with Crippen LogP contribution in [0.5, 0.6) is 6.01 Å². The number of hydrogen-bond acceptors (Lipinski definition) is 8. The van der Waals surface area contributed by atoms with E-state index in [9.17, 15) is 0 Å². The Bertz CT molecular complexity index is 505. The van der Waals surface area contributed by atoms with E-state index in [1.54, 1.807) is 0 Å². The number of hydrogen-bond donors (Lipinski definition) is 2. The Morgan fingerprint density at radius 1 is 1.32 bits per heavy atom. The highest BCUT2D eigenvalue weighted by atomic mass is 32.2. The van der Waals surface area contributed by atoms with Crippen molar-refractivity contribution in [2.75, 3.05) is 18.5 Å². The van der Waals surface area contributed by atoms with Crippen LogP contribution < -0.4 is 10.1 Å². The Kier molecular flexibility index (Phi) is 4.90. The average molecular weight is 281 g/mol. The van der Waals surface area contributed by atoms with E-state index in [2.05, 4.69) is 42.4 Å². The molecule has 2 aromatic heterocycles. The molecule has 0 saturated carbocycles. The highest BCUT2D eigenvalue weighted by Crippen LogP contribution is 2.22. The summed E-state index contributed by atoms with van der Waals surface area (Å²) in [6.07, 6.45) is 2.42. The summed E-state index contributed by atoms with van der Waals surface area (Å²) in [5.41, 5.74) is 0. The van der Waals surface area contributed by atoms with Gasteiger partial charge in [-0.1, -0.05) is 6.92 Å². The molecule has 2 N–H and O–H groups in total. The second-order valence-electron chi connectivity index (χ2n) is 3.48. The van der Waals surface area contributed by atoms with Crippen LogP contribution in [-0.4, -0.2) is 43.3 Å². The molecule has 0 saturated heterocycles. The molecule has 0 radical (unpaired) electrons. The van der Waals surface area contributed by atoms with Gasteiger partial charge in [-0.3, -0.25) is 5.10 Å². The van der Waals surface area contributed by atoms with Crippen molar-refractivity contribution in [1.82, 2.24) is 30.1 Å². The van der Waals surface area contributed by atoms with Gasteiger partial charge >= 0.3 is 6.01 Å². The first-order valence-corrected chi connectivity index (χ1v) is 6.79. The van der Waals surface area contributed by atoms with Gasteiger partial charge in [-0.15, -0.1) is 0 Å². The molecule has 0 aromatic carbocycles. The smallest absolute Gasteiger partial charge is 0.322 e. The first kappa shape index (κ1) is 13.5. The largest absolute Gasteiger partial charge is 0.464 e. The Morgan fingerprint density at radius 3 is 2.89 bits per heavy atom. The molecular weight excluding hydrogens is 266 g/mol. The van der Waals surface area contributed by atoms with Gasteiger partial charge in [0.15, 0.2) is 5.16 Å². The van der Waals surface area contributed by atoms with E-state index in [4.69, 9.17) is 4.74 Å². The molecule has 0 unspecified atom stereocenters. The normalized spacial score (nSPS) is 10.4. The van der Waals surface area contributed by atoms with Crippen molar-refractivity contribution in [1.29, 1.82) is 0 Å². The van der Waals surface area contributed by atoms with Crippen molar-refractivity contribution in [3.63, 3.8) is 0 Å². The summed E-state index contributed by atoms with van der Waals surface area (Å²) < 4.78 is 5.32. The summed E-state index contributed by atoms with van der Waals surface area (Å²) in [6, 6.07) is 0.304. The zero-order valence-electron chi connectivity index (χ0n) is 10.8. The van der Waals surface area contributed by atoms with Crippen LogP contribution in [-0.2, 0) is 0 Å². The lowest BCUT2D eigenvalue weighted by Gasteiger charge is -2.07. The van der Waals surface area contributed by atoms with Gasteiger partial charge < -0.3 is 10.1 Å². The summed E-state index contributed by atoms with van der Waals surface area (Å²) in [5, 5.41) is 10.8. The minimum atomic E-state index is 0.304. The fourth-order valence-corrected chi connectivity index (χ4v) is 1.85. The summed E-state index contributed by atoms with van der Waals surface area (Å²) in [6.45, 7) is 5.25. The van der Waals surface area contributed by atoms with Crippen LogP contribution in [0.4, 0.5) is 5.95 Å². The zero-order valence-corrected chi connectivity index (χ0v) is 11.6. The van der Waals surface area contributed by atoms with Crippen molar-refractivity contribution >= 4 is 17.7 Å². The molecule has 0 atom stereocenters. The number of aromatic amines is 1. The Labute approximate surface area is 114 Å². The van der Waals surface area contributed by atoms with Gasteiger partial charge in [-0.05, 0) is 25.1 Å². The maximum absolute atomic E-state index is 5.32. The minimum absolute atomic E-state index is 0.304. The standard InChI is InChI=1S/C10H15N7OS/c1-3-5-11-7-14-8(18-4-2)16-10(15-7)19-9-12-6-13-17-9/h6H,3-5H2,1-2H3,(H,12,13,17)(H,11,14,15,16). The maximum Gasteiger partial charge on any atom is 0.322 e. The number of H-pyrrole nitrogens is 1. The molecule has 0 amide bonds. The van der Waals surface area contributed by atoms with E-state index in [0.717, 1.165) is 13.0 Å². The highest BCUT2D eigenvalue weighted by Gasteiger charge is 2.09. The molecule has 8 nitrogen and oxygen atoms in total. The Morgan fingerprint density at radius 2 is 2.21 bits per heavy atom. The van der Waals surface area contributed by atoms with Crippen LogP contribution in [0.15, 0.2) is 16.6 Å². The molecule has 2 aromatic rings. The van der Waals surface area contributed by atoms with Crippen molar-refractivity contribution in [2.24, 2.45) is 0 Å². The summed E-state index contributed by atoms with van der Waals surface area (Å²) in [4.78, 5) is 16.7. The molecule has 9 heteroatoms. The molecule has 2 rings (SSSR count). The predicted octanol–water partition coefficient (Wildman–Crippen LogP) is 1.36. The van der Waals surface area contributed by atoms with E-state index in [-0.39, 0.29) is 0 Å². The third kappa shape index (κ3) is 4.05. The quantitative estimate of drug-likeness (QED) is 0.784. The van der Waals surface area contributed by atoms with E-state index in [1.807, 2.05) is 6.92 Å². The van der Waals surface area contributed by atoms with Crippen molar-refractivity contribution < 1.29 is 4.74 Å². The van der Waals surface area contributed by atoms with Crippen LogP contribution in [0.1, 0.15) is 20.3 Å². The van der Waals surface area contributed by atoms with Crippen LogP contribution in [0, 0.1) is 0 Å². The van der Waals surface area contributed by atoms with Crippen LogP contribution in [0.25, 0.3) is 0 Å². The summed E-state index contributed by atoms with van der Waals surface area (Å²) in [7, 11) is 0. The van der Waals surface area contributed by atoms with Gasteiger partial charge in [0.1, 0.15) is 6.33 Å². The Balaban J connectivity index is 2.17. The van der Waals surface area contributed by atoms with Crippen molar-refractivity contribution in [3.8, 4) is 6.01 Å². The molecule has 0 aliphatic heterocycles. The first-order chi connectivity index (χ1) is 9.31. The van der Waals surface area contributed by atoms with Gasteiger partial charge in [0.25, 0.3) is 0 Å². The van der Waals surface area contributed by atoms with Gasteiger partial charge in [-0.25, -0.2) is 4.98 Å². The second-order valence-corrected chi connectivity index (χ2v) is 4.43. The molecule has 0 fully saturated rings. The van der Waals surface area contributed by atoms with E-state index in [0.29, 0.717) is 28.9 Å². The fourth-order valence-electron chi connectivity index (χ4n) is 1.22. The molecule has 19 heavy (non-hydrogen) atoms. The SMILES string of the molecule is CCCNc1nc(OCC)nc(Sc2ncn[nH]2)n1. The highest BCUT2D eigenvalue weighted by molar-refractivity contribution is 7.99. The lowest BCUT2D eigenvalue weighted by atomic mass is 10.5. The third-order valence-corrected chi connectivity index (χ3v) is 2.74. The summed E-state index contributed by atoms with van der Waals surface area (Å²) >= 11 is 1.27. The number of anilines is 1. The van der Waals surface area contributed by atoms with E-state index < -0.39 is 0 Å². The minimum Gasteiger partial charge on any atom is -0.464 e. The number of nitrogens with zero attached hydrogens (tertiary/aromatic N) is 5. The van der Waals surface area contributed by atoms with Gasteiger partial charge in [0.2, 0.25) is 11.1 Å². The van der Waals surface area contributed by atoms with Crippen LogP contribution in [0.2, 0.25) is 0 Å². The molecule has 0 bridgehead atoms. The second kappa shape index (κ2) is 6.88. The van der Waals surface area contributed by atoms with Gasteiger partial charge in [-0.2, -0.15) is 20.1 Å². The molecule has 102 valence electrons. The predicted molar refractivity (Wildman–Crippen MR) is 70.3 cm³/mol. The fraction of sp³-hybridized carbons (Fsp3) is 0.500. The van der Waals surface area contributed by atoms with E-state index in [1.165, 1.54) is 18.1 Å². The number of ether oxygens (including phenoxy) is 1. The van der Waals surface area contributed by atoms with Gasteiger partial charge in [0.05, 0.1) is 6.61 Å². The van der Waals surface area contributed by atoms with Crippen molar-refractivity contribution in [3.05, 3.63) is 6.33 Å². The first-order valence-electron chi connectivity index (χ1n) is 5.97. The number of nitrogens with one attached hydrogen (secondary N) is 2. The molecule has 0 aliphatic carbocycles. The topological polar surface area (TPSA) is 102 Å². The zero-order chi connectivity index (χ0) is 13.5. The summed E-state index contributed by atoms with van der Waals surface area (Å²) in [5.74, 6) is 0.502. The lowest BCUT2D eigenvalue weighted by molar-refractivity contribution is 0.308. The van der Waals surface area contributed by atoms with Crippen molar-refractivity contribution in [2.45, 2.75) is 30.6 Å². The van der Waals surface area contributed by atoms with Gasteiger partial charge in [0, 0.05) is 6.54 Å². The van der Waals surface area contributed by atoms with Crippen LogP contribution in [0.3, 0.4) is 0 Å². The molecular formula is C10H15N7OS. The maximum atomic E-state index is 5.32. The lowest BCUT2D eigenvalue weighted by Crippen LogP contribution is -2.08. The molecule has 2 heterocycles. The monoisotopic (exact) mass is 281 g/mol. The molecule has 0 spiro atoms. The Hall–Kier alpha value is -1.90. The van der Waals surface area contributed by atoms with E-state index >= 15 is 0 Å². The average Bonchev–Trinajstić information content (AvgIpc) is 2.89. The number of rotatable bonds is 7. The number of aromatic nitrogens is 6. The third-order valence-electron chi connectivity index (χ3n) is 1.98.